The second-order valence-corrected chi connectivity index (χ2v) is 5.46. The number of benzene rings is 1. The summed E-state index contributed by atoms with van der Waals surface area (Å²) in [5, 5.41) is 0.844. The highest BCUT2D eigenvalue weighted by Gasteiger charge is 2.24. The number of hydrogen-bond donors (Lipinski definition) is 0. The fraction of sp³-hybridized carbons (Fsp3) is 0.278. The van der Waals surface area contributed by atoms with Gasteiger partial charge in [0.1, 0.15) is 24.7 Å². The molecule has 0 radical (unpaired) electrons. The lowest BCUT2D eigenvalue weighted by Crippen LogP contribution is -2.12. The molecule has 4 rings (SSSR count). The van der Waals surface area contributed by atoms with Crippen LogP contribution in [0, 0.1) is 0 Å². The first-order valence-corrected chi connectivity index (χ1v) is 7.55. The molecule has 0 bridgehead atoms. The van der Waals surface area contributed by atoms with Crippen molar-refractivity contribution >= 4 is 23.1 Å². The monoisotopic (exact) mass is 296 g/mol. The van der Waals surface area contributed by atoms with Gasteiger partial charge in [-0.25, -0.2) is 4.79 Å². The number of fused-ring (bicyclic) bond motifs is 6. The Morgan fingerprint density at radius 3 is 2.55 bits per heavy atom. The van der Waals surface area contributed by atoms with E-state index in [0.29, 0.717) is 30.8 Å². The maximum absolute atomic E-state index is 12.2. The van der Waals surface area contributed by atoms with Gasteiger partial charge in [-0.1, -0.05) is 13.3 Å². The lowest BCUT2D eigenvalue weighted by molar-refractivity contribution is 0.339. The van der Waals surface area contributed by atoms with Crippen molar-refractivity contribution in [3.05, 3.63) is 45.3 Å². The number of hydrogen-bond acceptors (Lipinski definition) is 4. The summed E-state index contributed by atoms with van der Waals surface area (Å²) in [6.45, 7) is 3.07. The zero-order chi connectivity index (χ0) is 15.1. The minimum Gasteiger partial charge on any atom is -0.488 e. The molecule has 0 spiro atoms. The van der Waals surface area contributed by atoms with Gasteiger partial charge in [-0.2, -0.15) is 0 Å². The third-order valence-corrected chi connectivity index (χ3v) is 3.98. The lowest BCUT2D eigenvalue weighted by atomic mass is 9.98. The van der Waals surface area contributed by atoms with Gasteiger partial charge in [0.05, 0.1) is 16.5 Å². The van der Waals surface area contributed by atoms with Crippen LogP contribution in [-0.4, -0.2) is 13.2 Å². The van der Waals surface area contributed by atoms with Crippen molar-refractivity contribution in [1.29, 1.82) is 0 Å². The molecule has 0 N–H and O–H groups in total. The summed E-state index contributed by atoms with van der Waals surface area (Å²) in [6, 6.07) is 1.91. The van der Waals surface area contributed by atoms with Crippen LogP contribution in [0.2, 0.25) is 0 Å². The molecule has 1 aromatic heterocycles. The SMILES string of the molecule is CCCc1cc2c3c(c4c(c2oc1=O)C=CCO4)C=CCO3. The van der Waals surface area contributed by atoms with E-state index in [2.05, 4.69) is 0 Å². The van der Waals surface area contributed by atoms with E-state index in [4.69, 9.17) is 13.9 Å². The molecule has 4 heteroatoms. The molecule has 0 saturated carbocycles. The van der Waals surface area contributed by atoms with Crippen LogP contribution in [0.25, 0.3) is 23.1 Å². The number of aryl methyl sites for hydroxylation is 1. The predicted molar refractivity (Wildman–Crippen MR) is 85.5 cm³/mol. The third kappa shape index (κ3) is 1.87. The molecule has 0 amide bonds. The average Bonchev–Trinajstić information content (AvgIpc) is 2.56. The highest BCUT2D eigenvalue weighted by atomic mass is 16.5. The van der Waals surface area contributed by atoms with Crippen molar-refractivity contribution in [2.75, 3.05) is 13.2 Å². The molecule has 0 fully saturated rings. The quantitative estimate of drug-likeness (QED) is 0.795. The van der Waals surface area contributed by atoms with Gasteiger partial charge in [0.25, 0.3) is 0 Å². The van der Waals surface area contributed by atoms with Crippen molar-refractivity contribution < 1.29 is 13.9 Å². The molecule has 2 aliphatic rings. The van der Waals surface area contributed by atoms with E-state index in [-0.39, 0.29) is 5.63 Å². The predicted octanol–water partition coefficient (Wildman–Crippen LogP) is 3.56. The Balaban J connectivity index is 2.13. The topological polar surface area (TPSA) is 48.7 Å². The van der Waals surface area contributed by atoms with Crippen molar-refractivity contribution in [3.63, 3.8) is 0 Å². The number of ether oxygens (including phenoxy) is 2. The van der Waals surface area contributed by atoms with E-state index >= 15 is 0 Å². The summed E-state index contributed by atoms with van der Waals surface area (Å²) < 4.78 is 17.2. The average molecular weight is 296 g/mol. The van der Waals surface area contributed by atoms with Gasteiger partial charge in [-0.15, -0.1) is 0 Å². The van der Waals surface area contributed by atoms with E-state index in [1.807, 2.05) is 37.3 Å². The molecule has 0 atom stereocenters. The van der Waals surface area contributed by atoms with Crippen LogP contribution >= 0.6 is 0 Å². The van der Waals surface area contributed by atoms with Crippen LogP contribution in [0.4, 0.5) is 0 Å². The second-order valence-electron chi connectivity index (χ2n) is 5.46. The smallest absolute Gasteiger partial charge is 0.339 e. The fourth-order valence-electron chi connectivity index (χ4n) is 3.03. The highest BCUT2D eigenvalue weighted by molar-refractivity contribution is 5.98. The maximum Gasteiger partial charge on any atom is 0.339 e. The van der Waals surface area contributed by atoms with Crippen LogP contribution in [0.15, 0.2) is 27.4 Å². The van der Waals surface area contributed by atoms with Gasteiger partial charge in [0.2, 0.25) is 0 Å². The van der Waals surface area contributed by atoms with Crippen molar-refractivity contribution in [1.82, 2.24) is 0 Å². The molecule has 0 aliphatic carbocycles. The Labute approximate surface area is 127 Å². The van der Waals surface area contributed by atoms with Gasteiger partial charge < -0.3 is 13.9 Å². The third-order valence-electron chi connectivity index (χ3n) is 3.98. The summed E-state index contributed by atoms with van der Waals surface area (Å²) >= 11 is 0. The molecule has 1 aromatic carbocycles. The van der Waals surface area contributed by atoms with E-state index in [1.165, 1.54) is 0 Å². The molecule has 0 unspecified atom stereocenters. The standard InChI is InChI=1S/C18H16O4/c1-2-5-11-10-14-16-12(6-3-9-21-16)15-13(7-4-8-20-15)17(14)22-18(11)19/h3-4,6-7,10H,2,5,8-9H2,1H3. The van der Waals surface area contributed by atoms with Crippen LogP contribution < -0.4 is 15.1 Å². The Morgan fingerprint density at radius 2 is 1.77 bits per heavy atom. The Hall–Kier alpha value is -2.49. The minimum absolute atomic E-state index is 0.276. The van der Waals surface area contributed by atoms with Crippen molar-refractivity contribution in [2.24, 2.45) is 0 Å². The van der Waals surface area contributed by atoms with Crippen LogP contribution in [0.5, 0.6) is 11.5 Å². The van der Waals surface area contributed by atoms with E-state index < -0.39 is 0 Å². The number of rotatable bonds is 2. The zero-order valence-corrected chi connectivity index (χ0v) is 12.3. The lowest BCUT2D eigenvalue weighted by Gasteiger charge is -2.22. The zero-order valence-electron chi connectivity index (χ0n) is 12.3. The van der Waals surface area contributed by atoms with E-state index in [9.17, 15) is 4.79 Å². The summed E-state index contributed by atoms with van der Waals surface area (Å²) in [6.07, 6.45) is 9.44. The molecule has 4 nitrogen and oxygen atoms in total. The van der Waals surface area contributed by atoms with E-state index in [0.717, 1.165) is 34.4 Å². The maximum atomic E-state index is 12.2. The first-order chi connectivity index (χ1) is 10.8. The normalized spacial score (nSPS) is 15.1. The molecular formula is C18H16O4. The minimum atomic E-state index is -0.276. The van der Waals surface area contributed by atoms with Gasteiger partial charge in [-0.3, -0.25) is 0 Å². The van der Waals surface area contributed by atoms with Crippen molar-refractivity contribution in [2.45, 2.75) is 19.8 Å². The molecular weight excluding hydrogens is 280 g/mol. The molecule has 0 saturated heterocycles. The highest BCUT2D eigenvalue weighted by Crippen LogP contribution is 2.44. The van der Waals surface area contributed by atoms with Crippen LogP contribution in [0.1, 0.15) is 30.0 Å². The Bertz CT molecular complexity index is 871. The second kappa shape index (κ2) is 5.05. The van der Waals surface area contributed by atoms with Crippen LogP contribution in [-0.2, 0) is 6.42 Å². The molecule has 2 aliphatic heterocycles. The molecule has 112 valence electrons. The van der Waals surface area contributed by atoms with Gasteiger partial charge >= 0.3 is 5.63 Å². The van der Waals surface area contributed by atoms with Gasteiger partial charge in [0, 0.05) is 5.56 Å². The van der Waals surface area contributed by atoms with Crippen LogP contribution in [0.3, 0.4) is 0 Å². The molecule has 2 aromatic rings. The summed E-state index contributed by atoms with van der Waals surface area (Å²) in [5.41, 5.74) is 2.70. The molecule has 3 heterocycles. The van der Waals surface area contributed by atoms with Gasteiger partial charge in [-0.05, 0) is 36.8 Å². The first-order valence-electron chi connectivity index (χ1n) is 7.55. The largest absolute Gasteiger partial charge is 0.488 e. The summed E-state index contributed by atoms with van der Waals surface area (Å²) in [7, 11) is 0. The Kier molecular flexibility index (Phi) is 3.03. The summed E-state index contributed by atoms with van der Waals surface area (Å²) in [5.74, 6) is 1.47. The van der Waals surface area contributed by atoms with Crippen molar-refractivity contribution in [3.8, 4) is 11.5 Å². The fourth-order valence-corrected chi connectivity index (χ4v) is 3.03. The molecule has 22 heavy (non-hydrogen) atoms. The van der Waals surface area contributed by atoms with Gasteiger partial charge in [0.15, 0.2) is 5.58 Å². The first kappa shape index (κ1) is 13.2. The Morgan fingerprint density at radius 1 is 1.05 bits per heavy atom. The van der Waals surface area contributed by atoms with E-state index in [1.54, 1.807) is 0 Å². The summed E-state index contributed by atoms with van der Waals surface area (Å²) in [4.78, 5) is 12.2.